The van der Waals surface area contributed by atoms with Crippen LogP contribution < -0.4 is 0 Å². The SMILES string of the molecule is C[C@@]12CCN3C(=O)CC[C@]31SC2. The standard InChI is InChI=1S/C9H13NOS/c1-8-4-5-10-7(11)2-3-9(8,10)12-6-8/h2-6H2,1H3/t8-,9+/m0/s1. The maximum Gasteiger partial charge on any atom is 0.223 e. The van der Waals surface area contributed by atoms with Gasteiger partial charge >= 0.3 is 0 Å². The lowest BCUT2D eigenvalue weighted by molar-refractivity contribution is -0.128. The van der Waals surface area contributed by atoms with Crippen LogP contribution in [-0.2, 0) is 4.79 Å². The molecule has 3 heterocycles. The number of carbonyl (C=O) groups excluding carboxylic acids is 1. The fourth-order valence-electron chi connectivity index (χ4n) is 2.94. The van der Waals surface area contributed by atoms with E-state index in [0.717, 1.165) is 19.4 Å². The van der Waals surface area contributed by atoms with Crippen LogP contribution in [0.15, 0.2) is 0 Å². The van der Waals surface area contributed by atoms with Gasteiger partial charge in [0.05, 0.1) is 4.87 Å². The van der Waals surface area contributed by atoms with Crippen molar-refractivity contribution < 1.29 is 4.79 Å². The first-order valence-electron chi connectivity index (χ1n) is 4.62. The van der Waals surface area contributed by atoms with Crippen molar-refractivity contribution in [2.75, 3.05) is 12.3 Å². The van der Waals surface area contributed by atoms with Crippen LogP contribution in [0.3, 0.4) is 0 Å². The van der Waals surface area contributed by atoms with Gasteiger partial charge in [-0.1, -0.05) is 6.92 Å². The minimum atomic E-state index is 0.254. The molecule has 66 valence electrons. The van der Waals surface area contributed by atoms with Crippen molar-refractivity contribution >= 4 is 17.7 Å². The lowest BCUT2D eigenvalue weighted by Gasteiger charge is -2.53. The molecule has 3 saturated heterocycles. The molecule has 0 bridgehead atoms. The third-order valence-electron chi connectivity index (χ3n) is 3.87. The van der Waals surface area contributed by atoms with E-state index in [0.29, 0.717) is 11.3 Å². The summed E-state index contributed by atoms with van der Waals surface area (Å²) < 4.78 is 0. The van der Waals surface area contributed by atoms with Crippen LogP contribution in [0.1, 0.15) is 26.2 Å². The lowest BCUT2D eigenvalue weighted by atomic mass is 9.81. The highest BCUT2D eigenvalue weighted by Gasteiger charge is 2.67. The largest absolute Gasteiger partial charge is 0.327 e. The zero-order valence-corrected chi connectivity index (χ0v) is 8.12. The van der Waals surface area contributed by atoms with Gasteiger partial charge in [0.15, 0.2) is 0 Å². The van der Waals surface area contributed by atoms with Gasteiger partial charge in [-0.05, 0) is 12.8 Å². The lowest BCUT2D eigenvalue weighted by Crippen LogP contribution is -2.55. The van der Waals surface area contributed by atoms with Crippen molar-refractivity contribution in [3.05, 3.63) is 0 Å². The molecule has 1 spiro atoms. The first-order valence-corrected chi connectivity index (χ1v) is 5.61. The number of hydrogen-bond acceptors (Lipinski definition) is 2. The van der Waals surface area contributed by atoms with E-state index in [1.54, 1.807) is 0 Å². The van der Waals surface area contributed by atoms with Crippen molar-refractivity contribution in [1.82, 2.24) is 4.90 Å². The van der Waals surface area contributed by atoms with E-state index in [9.17, 15) is 4.79 Å². The molecule has 3 rings (SSSR count). The Kier molecular flexibility index (Phi) is 1.11. The van der Waals surface area contributed by atoms with E-state index in [1.165, 1.54) is 12.2 Å². The molecule has 0 aromatic carbocycles. The molecule has 3 aliphatic rings. The van der Waals surface area contributed by atoms with Crippen molar-refractivity contribution in [1.29, 1.82) is 0 Å². The summed E-state index contributed by atoms with van der Waals surface area (Å²) >= 11 is 2.00. The zero-order valence-electron chi connectivity index (χ0n) is 7.30. The number of amides is 1. The number of carbonyl (C=O) groups is 1. The minimum absolute atomic E-state index is 0.254. The van der Waals surface area contributed by atoms with Gasteiger partial charge in [-0.3, -0.25) is 4.79 Å². The van der Waals surface area contributed by atoms with Crippen LogP contribution in [0.2, 0.25) is 0 Å². The minimum Gasteiger partial charge on any atom is -0.327 e. The van der Waals surface area contributed by atoms with Crippen LogP contribution in [0.5, 0.6) is 0 Å². The number of nitrogens with zero attached hydrogens (tertiary/aromatic N) is 1. The van der Waals surface area contributed by atoms with E-state index in [-0.39, 0.29) is 4.87 Å². The Balaban J connectivity index is 2.05. The predicted molar refractivity (Wildman–Crippen MR) is 48.9 cm³/mol. The van der Waals surface area contributed by atoms with Crippen LogP contribution >= 0.6 is 11.8 Å². The first kappa shape index (κ1) is 7.25. The Morgan fingerprint density at radius 1 is 1.50 bits per heavy atom. The molecule has 0 N–H and O–H groups in total. The predicted octanol–water partition coefficient (Wildman–Crippen LogP) is 1.46. The second-order valence-electron chi connectivity index (χ2n) is 4.43. The molecule has 1 amide bonds. The summed E-state index contributed by atoms with van der Waals surface area (Å²) in [6, 6.07) is 0. The maximum atomic E-state index is 11.5. The quantitative estimate of drug-likeness (QED) is 0.566. The van der Waals surface area contributed by atoms with Crippen molar-refractivity contribution in [3.63, 3.8) is 0 Å². The maximum absolute atomic E-state index is 11.5. The molecule has 0 aromatic rings. The molecular formula is C9H13NOS. The summed E-state index contributed by atoms with van der Waals surface area (Å²) in [6.07, 6.45) is 3.13. The highest BCUT2D eigenvalue weighted by atomic mass is 32.2. The molecule has 0 aliphatic carbocycles. The summed E-state index contributed by atoms with van der Waals surface area (Å²) in [5.41, 5.74) is 0.462. The molecule has 0 unspecified atom stereocenters. The van der Waals surface area contributed by atoms with Crippen molar-refractivity contribution in [2.24, 2.45) is 5.41 Å². The summed E-state index contributed by atoms with van der Waals surface area (Å²) in [7, 11) is 0. The summed E-state index contributed by atoms with van der Waals surface area (Å²) in [5.74, 6) is 1.66. The average Bonchev–Trinajstić information content (AvgIpc) is 2.47. The Bertz CT molecular complexity index is 267. The van der Waals surface area contributed by atoms with E-state index in [4.69, 9.17) is 0 Å². The molecule has 2 nitrogen and oxygen atoms in total. The van der Waals surface area contributed by atoms with Crippen LogP contribution in [0.4, 0.5) is 0 Å². The fraction of sp³-hybridized carbons (Fsp3) is 0.889. The van der Waals surface area contributed by atoms with Crippen molar-refractivity contribution in [3.8, 4) is 0 Å². The second-order valence-corrected chi connectivity index (χ2v) is 5.68. The molecule has 2 atom stereocenters. The molecule has 0 aromatic heterocycles. The van der Waals surface area contributed by atoms with Gasteiger partial charge in [0.25, 0.3) is 0 Å². The van der Waals surface area contributed by atoms with Gasteiger partial charge in [-0.15, -0.1) is 11.8 Å². The number of hydrogen-bond donors (Lipinski definition) is 0. The van der Waals surface area contributed by atoms with Gasteiger partial charge in [-0.2, -0.15) is 0 Å². The molecule has 3 aliphatic heterocycles. The first-order chi connectivity index (χ1) is 5.68. The molecule has 0 radical (unpaired) electrons. The third-order valence-corrected chi connectivity index (χ3v) is 6.05. The Morgan fingerprint density at radius 3 is 2.92 bits per heavy atom. The molecule has 0 saturated carbocycles. The Morgan fingerprint density at radius 2 is 2.33 bits per heavy atom. The summed E-state index contributed by atoms with van der Waals surface area (Å²) in [6.45, 7) is 3.37. The molecule has 3 heteroatoms. The molecule has 3 fully saturated rings. The molecule has 12 heavy (non-hydrogen) atoms. The van der Waals surface area contributed by atoms with E-state index < -0.39 is 0 Å². The van der Waals surface area contributed by atoms with Gasteiger partial charge in [0.2, 0.25) is 5.91 Å². The second kappa shape index (κ2) is 1.84. The monoisotopic (exact) mass is 183 g/mol. The normalized spacial score (nSPS) is 50.4. The molecular weight excluding hydrogens is 170 g/mol. The van der Waals surface area contributed by atoms with Gasteiger partial charge in [-0.25, -0.2) is 0 Å². The van der Waals surface area contributed by atoms with Crippen LogP contribution in [0.25, 0.3) is 0 Å². The van der Waals surface area contributed by atoms with Crippen LogP contribution in [-0.4, -0.2) is 28.0 Å². The van der Waals surface area contributed by atoms with Gasteiger partial charge < -0.3 is 4.90 Å². The van der Waals surface area contributed by atoms with Crippen LogP contribution in [0, 0.1) is 5.41 Å². The van der Waals surface area contributed by atoms with E-state index in [1.807, 2.05) is 11.8 Å². The van der Waals surface area contributed by atoms with Crippen molar-refractivity contribution in [2.45, 2.75) is 31.1 Å². The smallest absolute Gasteiger partial charge is 0.223 e. The summed E-state index contributed by atoms with van der Waals surface area (Å²) in [4.78, 5) is 13.9. The topological polar surface area (TPSA) is 20.3 Å². The van der Waals surface area contributed by atoms with Gasteiger partial charge in [0.1, 0.15) is 0 Å². The Hall–Kier alpha value is -0.180. The fourth-order valence-corrected chi connectivity index (χ4v) is 4.75. The van der Waals surface area contributed by atoms with E-state index >= 15 is 0 Å². The summed E-state index contributed by atoms with van der Waals surface area (Å²) in [5, 5.41) is 0. The third kappa shape index (κ3) is 0.534. The number of thioether (sulfide) groups is 1. The zero-order chi connectivity index (χ0) is 8.40. The van der Waals surface area contributed by atoms with E-state index in [2.05, 4.69) is 11.8 Å². The highest BCUT2D eigenvalue weighted by Crippen LogP contribution is 2.66. The van der Waals surface area contributed by atoms with Gasteiger partial charge in [0, 0.05) is 24.1 Å². The Labute approximate surface area is 76.7 Å². The average molecular weight is 183 g/mol. The number of rotatable bonds is 0. The highest BCUT2D eigenvalue weighted by molar-refractivity contribution is 8.02.